The first-order valence-electron chi connectivity index (χ1n) is 6.31. The first kappa shape index (κ1) is 16.7. The summed E-state index contributed by atoms with van der Waals surface area (Å²) in [5.74, 6) is -0.846. The maximum Gasteiger partial charge on any atom is 0.326 e. The van der Waals surface area contributed by atoms with Crippen LogP contribution in [0.4, 0.5) is 4.79 Å². The van der Waals surface area contributed by atoms with Crippen molar-refractivity contribution in [3.05, 3.63) is 0 Å². The Morgan fingerprint density at radius 2 is 1.89 bits per heavy atom. The van der Waals surface area contributed by atoms with Crippen molar-refractivity contribution in [1.82, 2.24) is 10.2 Å². The normalized spacial score (nSPS) is 12.3. The van der Waals surface area contributed by atoms with Crippen LogP contribution in [0.5, 0.6) is 0 Å². The Balaban J connectivity index is 4.49. The third kappa shape index (κ3) is 6.44. The van der Waals surface area contributed by atoms with E-state index >= 15 is 0 Å². The van der Waals surface area contributed by atoms with Crippen molar-refractivity contribution in [3.63, 3.8) is 0 Å². The molecule has 3 N–H and O–H groups in total. The summed E-state index contributed by atoms with van der Waals surface area (Å²) in [6, 6.07) is -1.31. The van der Waals surface area contributed by atoms with Gasteiger partial charge in [-0.25, -0.2) is 9.59 Å². The van der Waals surface area contributed by atoms with Crippen LogP contribution < -0.4 is 5.32 Å². The minimum Gasteiger partial charge on any atom is -0.480 e. The van der Waals surface area contributed by atoms with Gasteiger partial charge in [0.05, 0.1) is 6.61 Å². The molecule has 0 aliphatic rings. The van der Waals surface area contributed by atoms with Crippen LogP contribution in [0.25, 0.3) is 0 Å². The summed E-state index contributed by atoms with van der Waals surface area (Å²) in [4.78, 5) is 24.3. The quantitative estimate of drug-likeness (QED) is 0.605. The molecule has 1 atom stereocenters. The number of aliphatic carboxylic acids is 1. The van der Waals surface area contributed by atoms with Crippen LogP contribution in [0.1, 0.15) is 33.6 Å². The molecule has 6 nitrogen and oxygen atoms in total. The van der Waals surface area contributed by atoms with E-state index in [0.717, 1.165) is 6.42 Å². The van der Waals surface area contributed by atoms with Gasteiger partial charge in [0.25, 0.3) is 0 Å². The molecule has 0 unspecified atom stereocenters. The van der Waals surface area contributed by atoms with Crippen molar-refractivity contribution in [3.8, 4) is 0 Å². The lowest BCUT2D eigenvalue weighted by molar-refractivity contribution is -0.139. The van der Waals surface area contributed by atoms with Crippen molar-refractivity contribution >= 4 is 12.0 Å². The van der Waals surface area contributed by atoms with Crippen LogP contribution in [0.3, 0.4) is 0 Å². The second-order valence-corrected chi connectivity index (χ2v) is 4.68. The average molecular weight is 260 g/mol. The number of amides is 2. The zero-order chi connectivity index (χ0) is 14.1. The predicted octanol–water partition coefficient (Wildman–Crippen LogP) is 0.900. The van der Waals surface area contributed by atoms with E-state index in [1.807, 2.05) is 20.8 Å². The topological polar surface area (TPSA) is 89.9 Å². The molecule has 0 radical (unpaired) electrons. The number of rotatable bonds is 8. The van der Waals surface area contributed by atoms with Crippen LogP contribution in [0.2, 0.25) is 0 Å². The highest BCUT2D eigenvalue weighted by Gasteiger charge is 2.23. The molecule has 0 saturated carbocycles. The number of hydrogen-bond donors (Lipinski definition) is 3. The summed E-state index contributed by atoms with van der Waals surface area (Å²) < 4.78 is 0. The number of nitrogens with zero attached hydrogens (tertiary/aromatic N) is 1. The highest BCUT2D eigenvalue weighted by molar-refractivity contribution is 5.82. The molecule has 6 heteroatoms. The molecule has 0 rings (SSSR count). The van der Waals surface area contributed by atoms with Crippen LogP contribution in [-0.4, -0.2) is 52.9 Å². The lowest BCUT2D eigenvalue weighted by Gasteiger charge is -2.24. The molecule has 0 aromatic carbocycles. The number of carboxylic acids is 1. The molecule has 0 aliphatic heterocycles. The first-order chi connectivity index (χ1) is 8.42. The van der Waals surface area contributed by atoms with Gasteiger partial charge in [0, 0.05) is 13.1 Å². The highest BCUT2D eigenvalue weighted by Crippen LogP contribution is 2.06. The molecule has 0 saturated heterocycles. The standard InChI is InChI=1S/C12H24N2O4/c1-4-5-14(6-7-15)12(18)13-10(11(16)17)8-9(2)3/h9-10,15H,4-8H2,1-3H3,(H,13,18)(H,16,17)/t10-/m1/s1. The van der Waals surface area contributed by atoms with E-state index in [1.165, 1.54) is 4.90 Å². The second kappa shape index (κ2) is 8.74. The number of carboxylic acid groups (broad SMARTS) is 1. The number of carbonyl (C=O) groups excluding carboxylic acids is 1. The molecule has 0 aliphatic carbocycles. The molecule has 0 aromatic rings. The molecule has 0 aromatic heterocycles. The lowest BCUT2D eigenvalue weighted by Crippen LogP contribution is -2.49. The maximum absolute atomic E-state index is 11.9. The van der Waals surface area contributed by atoms with Crippen molar-refractivity contribution in [2.45, 2.75) is 39.7 Å². The van der Waals surface area contributed by atoms with Gasteiger partial charge < -0.3 is 20.4 Å². The summed E-state index contributed by atoms with van der Waals surface area (Å²) in [6.07, 6.45) is 1.15. The number of aliphatic hydroxyl groups excluding tert-OH is 1. The number of urea groups is 1. The zero-order valence-electron chi connectivity index (χ0n) is 11.3. The third-order valence-corrected chi connectivity index (χ3v) is 2.45. The van der Waals surface area contributed by atoms with Gasteiger partial charge >= 0.3 is 12.0 Å². The van der Waals surface area contributed by atoms with Crippen molar-refractivity contribution < 1.29 is 19.8 Å². The van der Waals surface area contributed by atoms with E-state index in [-0.39, 0.29) is 19.1 Å². The van der Waals surface area contributed by atoms with E-state index in [4.69, 9.17) is 10.2 Å². The number of aliphatic hydroxyl groups is 1. The Kier molecular flexibility index (Phi) is 8.11. The van der Waals surface area contributed by atoms with Crippen LogP contribution >= 0.6 is 0 Å². The SMILES string of the molecule is CCCN(CCO)C(=O)N[C@H](CC(C)C)C(=O)O. The summed E-state index contributed by atoms with van der Waals surface area (Å²) in [6.45, 7) is 6.31. The van der Waals surface area contributed by atoms with Crippen molar-refractivity contribution in [2.75, 3.05) is 19.7 Å². The molecule has 0 spiro atoms. The van der Waals surface area contributed by atoms with E-state index in [9.17, 15) is 9.59 Å². The van der Waals surface area contributed by atoms with Gasteiger partial charge in [-0.1, -0.05) is 20.8 Å². The summed E-state index contributed by atoms with van der Waals surface area (Å²) in [7, 11) is 0. The first-order valence-corrected chi connectivity index (χ1v) is 6.31. The van der Waals surface area contributed by atoms with Crippen LogP contribution in [0.15, 0.2) is 0 Å². The van der Waals surface area contributed by atoms with Gasteiger partial charge in [-0.15, -0.1) is 0 Å². The molecule has 0 fully saturated rings. The Labute approximate surface area is 108 Å². The molecule has 106 valence electrons. The Morgan fingerprint density at radius 3 is 2.28 bits per heavy atom. The van der Waals surface area contributed by atoms with Gasteiger partial charge in [-0.3, -0.25) is 0 Å². The number of nitrogens with one attached hydrogen (secondary N) is 1. The van der Waals surface area contributed by atoms with Crippen LogP contribution in [-0.2, 0) is 4.79 Å². The summed E-state index contributed by atoms with van der Waals surface area (Å²) in [5, 5.41) is 20.4. The molecular formula is C12H24N2O4. The second-order valence-electron chi connectivity index (χ2n) is 4.68. The maximum atomic E-state index is 11.9. The Hall–Kier alpha value is -1.30. The van der Waals surface area contributed by atoms with Crippen molar-refractivity contribution in [1.29, 1.82) is 0 Å². The summed E-state index contributed by atoms with van der Waals surface area (Å²) in [5.41, 5.74) is 0. The smallest absolute Gasteiger partial charge is 0.326 e. The minimum absolute atomic E-state index is 0.130. The van der Waals surface area contributed by atoms with Gasteiger partial charge in [0.1, 0.15) is 6.04 Å². The average Bonchev–Trinajstić information content (AvgIpc) is 2.27. The fourth-order valence-corrected chi connectivity index (χ4v) is 1.64. The molecular weight excluding hydrogens is 236 g/mol. The minimum atomic E-state index is -1.03. The van der Waals surface area contributed by atoms with E-state index in [0.29, 0.717) is 13.0 Å². The Bertz CT molecular complexity index is 263. The van der Waals surface area contributed by atoms with Crippen LogP contribution in [0, 0.1) is 5.92 Å². The molecule has 0 bridgehead atoms. The molecule has 2 amide bonds. The Morgan fingerprint density at radius 1 is 1.28 bits per heavy atom. The number of hydrogen-bond acceptors (Lipinski definition) is 3. The molecule has 18 heavy (non-hydrogen) atoms. The molecule has 0 heterocycles. The van der Waals surface area contributed by atoms with Gasteiger partial charge in [0.15, 0.2) is 0 Å². The monoisotopic (exact) mass is 260 g/mol. The largest absolute Gasteiger partial charge is 0.480 e. The highest BCUT2D eigenvalue weighted by atomic mass is 16.4. The summed E-state index contributed by atoms with van der Waals surface area (Å²) >= 11 is 0. The van der Waals surface area contributed by atoms with Gasteiger partial charge in [-0.05, 0) is 18.8 Å². The predicted molar refractivity (Wildman–Crippen MR) is 68.4 cm³/mol. The van der Waals surface area contributed by atoms with Gasteiger partial charge in [0.2, 0.25) is 0 Å². The zero-order valence-corrected chi connectivity index (χ0v) is 11.3. The third-order valence-electron chi connectivity index (χ3n) is 2.45. The lowest BCUT2D eigenvalue weighted by atomic mass is 10.0. The fraction of sp³-hybridized carbons (Fsp3) is 0.833. The van der Waals surface area contributed by atoms with Crippen molar-refractivity contribution in [2.24, 2.45) is 5.92 Å². The van der Waals surface area contributed by atoms with Gasteiger partial charge in [-0.2, -0.15) is 0 Å². The number of carbonyl (C=O) groups is 2. The van der Waals surface area contributed by atoms with E-state index in [2.05, 4.69) is 5.32 Å². The fourth-order valence-electron chi connectivity index (χ4n) is 1.64. The van der Waals surface area contributed by atoms with E-state index in [1.54, 1.807) is 0 Å². The van der Waals surface area contributed by atoms with E-state index < -0.39 is 18.0 Å².